The quantitative estimate of drug-likeness (QED) is 0.590. The number of para-hydroxylation sites is 1. The Labute approximate surface area is 180 Å². The zero-order valence-corrected chi connectivity index (χ0v) is 18.2. The molecule has 2 atom stereocenters. The molecule has 2 saturated heterocycles. The third-order valence-corrected chi connectivity index (χ3v) is 7.23. The van der Waals surface area contributed by atoms with Gasteiger partial charge in [0.25, 0.3) is 5.56 Å². The number of rotatable bonds is 4. The van der Waals surface area contributed by atoms with Crippen LogP contribution >= 0.6 is 11.3 Å². The van der Waals surface area contributed by atoms with Gasteiger partial charge in [0, 0.05) is 31.7 Å². The fourth-order valence-electron chi connectivity index (χ4n) is 4.62. The maximum Gasteiger partial charge on any atom is 0.261 e. The van der Waals surface area contributed by atoms with Crippen molar-refractivity contribution in [2.45, 2.75) is 38.6 Å². The summed E-state index contributed by atoms with van der Waals surface area (Å²) in [7, 11) is 0. The van der Waals surface area contributed by atoms with Crippen LogP contribution in [0.15, 0.2) is 35.1 Å². The van der Waals surface area contributed by atoms with Crippen molar-refractivity contribution in [3.8, 4) is 10.6 Å². The van der Waals surface area contributed by atoms with Crippen LogP contribution in [0.5, 0.6) is 0 Å². The highest BCUT2D eigenvalue weighted by molar-refractivity contribution is 7.21. The number of nitrogens with one attached hydrogen (secondary N) is 3. The van der Waals surface area contributed by atoms with Gasteiger partial charge in [-0.1, -0.05) is 19.1 Å². The van der Waals surface area contributed by atoms with E-state index in [0.29, 0.717) is 17.5 Å². The Kier molecular flexibility index (Phi) is 5.48. The first kappa shape index (κ1) is 19.6. The van der Waals surface area contributed by atoms with Crippen LogP contribution < -0.4 is 21.1 Å². The fourth-order valence-corrected chi connectivity index (χ4v) is 5.65. The average molecular weight is 424 g/mol. The predicted molar refractivity (Wildman–Crippen MR) is 126 cm³/mol. The Hall–Kier alpha value is -2.38. The van der Waals surface area contributed by atoms with Crippen molar-refractivity contribution < 1.29 is 0 Å². The summed E-state index contributed by atoms with van der Waals surface area (Å²) < 4.78 is 1.10. The van der Waals surface area contributed by atoms with Crippen molar-refractivity contribution in [2.24, 2.45) is 5.92 Å². The molecule has 0 aliphatic carbocycles. The van der Waals surface area contributed by atoms with E-state index in [1.165, 1.54) is 6.42 Å². The molecule has 158 valence electrons. The minimum Gasteiger partial charge on any atom is -0.380 e. The molecule has 2 aliphatic rings. The Balaban J connectivity index is 1.57. The summed E-state index contributed by atoms with van der Waals surface area (Å²) >= 11 is 1.58. The summed E-state index contributed by atoms with van der Waals surface area (Å²) in [5.41, 5.74) is 2.45. The third kappa shape index (κ3) is 3.96. The highest BCUT2D eigenvalue weighted by Gasteiger charge is 2.23. The number of fused-ring (bicyclic) bond motifs is 1. The normalized spacial score (nSPS) is 22.4. The van der Waals surface area contributed by atoms with Crippen molar-refractivity contribution >= 4 is 33.1 Å². The zero-order valence-electron chi connectivity index (χ0n) is 17.4. The van der Waals surface area contributed by atoms with Gasteiger partial charge in [0.1, 0.15) is 10.8 Å². The lowest BCUT2D eigenvalue weighted by molar-refractivity contribution is 0.444. The second kappa shape index (κ2) is 8.40. The predicted octanol–water partition coefficient (Wildman–Crippen LogP) is 4.05. The van der Waals surface area contributed by atoms with Crippen molar-refractivity contribution in [1.82, 2.24) is 15.3 Å². The van der Waals surface area contributed by atoms with E-state index in [0.717, 1.165) is 72.2 Å². The summed E-state index contributed by atoms with van der Waals surface area (Å²) in [4.78, 5) is 23.6. The Morgan fingerprint density at radius 3 is 2.93 bits per heavy atom. The number of hydrogen-bond donors (Lipinski definition) is 3. The summed E-state index contributed by atoms with van der Waals surface area (Å²) in [5, 5.41) is 7.92. The van der Waals surface area contributed by atoms with Gasteiger partial charge in [-0.25, -0.2) is 4.98 Å². The lowest BCUT2D eigenvalue weighted by Gasteiger charge is -2.33. The molecule has 3 aromatic rings. The van der Waals surface area contributed by atoms with Crippen LogP contribution in [-0.2, 0) is 0 Å². The first-order valence-corrected chi connectivity index (χ1v) is 11.8. The van der Waals surface area contributed by atoms with E-state index < -0.39 is 0 Å². The molecular formula is C23H29N5OS. The molecule has 5 rings (SSSR count). The molecule has 30 heavy (non-hydrogen) atoms. The topological polar surface area (TPSA) is 73.0 Å². The maximum atomic E-state index is 13.3. The summed E-state index contributed by atoms with van der Waals surface area (Å²) in [6.07, 6.45) is 4.67. The van der Waals surface area contributed by atoms with E-state index in [1.807, 2.05) is 18.2 Å². The Morgan fingerprint density at radius 2 is 2.13 bits per heavy atom. The third-order valence-electron chi connectivity index (χ3n) is 6.18. The van der Waals surface area contributed by atoms with Crippen molar-refractivity contribution in [3.63, 3.8) is 0 Å². The molecule has 3 N–H and O–H groups in total. The lowest BCUT2D eigenvalue weighted by atomic mass is 10.0. The first-order chi connectivity index (χ1) is 14.7. The van der Waals surface area contributed by atoms with Crippen LogP contribution in [0.4, 0.5) is 11.5 Å². The van der Waals surface area contributed by atoms with E-state index in [9.17, 15) is 4.79 Å². The number of aromatic amines is 1. The second-order valence-corrected chi connectivity index (χ2v) is 9.67. The average Bonchev–Trinajstić information content (AvgIpc) is 3.18. The van der Waals surface area contributed by atoms with Crippen molar-refractivity contribution in [1.29, 1.82) is 0 Å². The van der Waals surface area contributed by atoms with Gasteiger partial charge in [0.2, 0.25) is 0 Å². The standard InChI is InChI=1S/C23H29N5OS/c1-15-6-5-11-28(14-15)20-12-18(25-16-7-4-10-24-13-16)21(22(29)27-20)23-26-17-8-2-3-9-19(17)30-23/h2-3,8-9,12,15-16,24H,4-7,10-11,13-14H2,1H3,(H2,25,27,29)/t15?,16-/m1/s1. The molecule has 0 saturated carbocycles. The molecule has 2 aromatic heterocycles. The van der Waals surface area contributed by atoms with Gasteiger partial charge < -0.3 is 20.5 Å². The smallest absolute Gasteiger partial charge is 0.261 e. The number of hydrogen-bond acceptors (Lipinski definition) is 6. The summed E-state index contributed by atoms with van der Waals surface area (Å²) in [6, 6.07) is 10.5. The first-order valence-electron chi connectivity index (χ1n) is 11.0. The van der Waals surface area contributed by atoms with Gasteiger partial charge >= 0.3 is 0 Å². The van der Waals surface area contributed by atoms with E-state index in [1.54, 1.807) is 11.3 Å². The molecule has 0 radical (unpaired) electrons. The monoisotopic (exact) mass is 423 g/mol. The van der Waals surface area contributed by atoms with Crippen LogP contribution in [0, 0.1) is 5.92 Å². The number of pyridine rings is 1. The molecule has 0 spiro atoms. The number of anilines is 2. The SMILES string of the molecule is CC1CCCN(c2cc(N[C@@H]3CCCNC3)c(-c3nc4ccccc4s3)c(=O)[nH]2)C1. The van der Waals surface area contributed by atoms with Crippen LogP contribution in [0.1, 0.15) is 32.6 Å². The van der Waals surface area contributed by atoms with Gasteiger partial charge in [-0.05, 0) is 50.3 Å². The Morgan fingerprint density at radius 1 is 1.23 bits per heavy atom. The maximum absolute atomic E-state index is 13.3. The van der Waals surface area contributed by atoms with E-state index in [4.69, 9.17) is 4.98 Å². The molecule has 0 amide bonds. The highest BCUT2D eigenvalue weighted by atomic mass is 32.1. The molecule has 2 aliphatic heterocycles. The van der Waals surface area contributed by atoms with E-state index in [2.05, 4.69) is 39.6 Å². The molecule has 2 fully saturated rings. The second-order valence-electron chi connectivity index (χ2n) is 8.64. The van der Waals surface area contributed by atoms with Gasteiger partial charge in [0.15, 0.2) is 0 Å². The van der Waals surface area contributed by atoms with Crippen LogP contribution in [-0.4, -0.2) is 42.2 Å². The molecule has 1 unspecified atom stereocenters. The molecule has 6 nitrogen and oxygen atoms in total. The molecule has 7 heteroatoms. The van der Waals surface area contributed by atoms with Crippen molar-refractivity contribution in [2.75, 3.05) is 36.4 Å². The van der Waals surface area contributed by atoms with E-state index in [-0.39, 0.29) is 5.56 Å². The van der Waals surface area contributed by atoms with Gasteiger partial charge in [-0.2, -0.15) is 0 Å². The minimum atomic E-state index is -0.0592. The van der Waals surface area contributed by atoms with Crippen LogP contribution in [0.3, 0.4) is 0 Å². The number of H-pyrrole nitrogens is 1. The van der Waals surface area contributed by atoms with Crippen LogP contribution in [0.25, 0.3) is 20.8 Å². The summed E-state index contributed by atoms with van der Waals surface area (Å²) in [5.74, 6) is 1.56. The molecule has 0 bridgehead atoms. The Bertz CT molecular complexity index is 1050. The number of benzene rings is 1. The number of nitrogens with zero attached hydrogens (tertiary/aromatic N) is 2. The minimum absolute atomic E-state index is 0.0592. The summed E-state index contributed by atoms with van der Waals surface area (Å²) in [6.45, 7) is 6.25. The molecule has 4 heterocycles. The number of piperidine rings is 2. The van der Waals surface area contributed by atoms with Gasteiger partial charge in [0.05, 0.1) is 21.5 Å². The molecular weight excluding hydrogens is 394 g/mol. The zero-order chi connectivity index (χ0) is 20.5. The molecule has 1 aromatic carbocycles. The van der Waals surface area contributed by atoms with Crippen LogP contribution in [0.2, 0.25) is 0 Å². The lowest BCUT2D eigenvalue weighted by Crippen LogP contribution is -2.39. The largest absolute Gasteiger partial charge is 0.380 e. The number of thiazole rings is 1. The van der Waals surface area contributed by atoms with Gasteiger partial charge in [-0.15, -0.1) is 11.3 Å². The highest BCUT2D eigenvalue weighted by Crippen LogP contribution is 2.34. The van der Waals surface area contributed by atoms with Crippen molar-refractivity contribution in [3.05, 3.63) is 40.7 Å². The fraction of sp³-hybridized carbons (Fsp3) is 0.478. The number of aromatic nitrogens is 2. The van der Waals surface area contributed by atoms with Gasteiger partial charge in [-0.3, -0.25) is 4.79 Å². The van der Waals surface area contributed by atoms with E-state index >= 15 is 0 Å².